The number of likely N-dealkylation sites (tertiary alicyclic amines) is 1. The lowest BCUT2D eigenvalue weighted by Gasteiger charge is -2.28. The molecule has 1 heterocycles. The zero-order valence-corrected chi connectivity index (χ0v) is 13.6. The maximum Gasteiger partial charge on any atom is 0.326 e. The lowest BCUT2D eigenvalue weighted by atomic mass is 9.82. The Kier molecular flexibility index (Phi) is 5.19. The Morgan fingerprint density at radius 1 is 1.17 bits per heavy atom. The first kappa shape index (κ1) is 17.2. The van der Waals surface area contributed by atoms with Crippen molar-refractivity contribution in [1.82, 2.24) is 4.90 Å². The van der Waals surface area contributed by atoms with Crippen molar-refractivity contribution in [2.75, 3.05) is 6.54 Å². The summed E-state index contributed by atoms with van der Waals surface area (Å²) in [5.41, 5.74) is 0.132. The molecule has 2 rings (SSSR count). The van der Waals surface area contributed by atoms with E-state index in [-0.39, 0.29) is 24.5 Å². The van der Waals surface area contributed by atoms with Gasteiger partial charge >= 0.3 is 5.97 Å². The number of nitrogens with zero attached hydrogens (tertiary/aromatic N) is 1. The minimum Gasteiger partial charge on any atom is -0.480 e. The van der Waals surface area contributed by atoms with E-state index >= 15 is 0 Å². The molecule has 1 aliphatic rings. The zero-order valence-electron chi connectivity index (χ0n) is 13.6. The first-order valence-corrected chi connectivity index (χ1v) is 7.91. The SMILES string of the molecule is CC(C)(CC(=O)c1ccccc1)CC(=O)N1CCC[C@@H]1C(=O)O. The number of hydrogen-bond acceptors (Lipinski definition) is 3. The second kappa shape index (κ2) is 6.94. The molecule has 1 aliphatic heterocycles. The maximum absolute atomic E-state index is 12.4. The zero-order chi connectivity index (χ0) is 17.0. The monoisotopic (exact) mass is 317 g/mol. The fourth-order valence-corrected chi connectivity index (χ4v) is 3.06. The van der Waals surface area contributed by atoms with Gasteiger partial charge in [-0.15, -0.1) is 0 Å². The van der Waals surface area contributed by atoms with Crippen molar-refractivity contribution >= 4 is 17.7 Å². The van der Waals surface area contributed by atoms with E-state index in [9.17, 15) is 19.5 Å². The van der Waals surface area contributed by atoms with Gasteiger partial charge in [-0.05, 0) is 18.3 Å². The molecule has 1 amide bonds. The predicted octanol–water partition coefficient (Wildman–Crippen LogP) is 2.75. The minimum absolute atomic E-state index is 0.000364. The summed E-state index contributed by atoms with van der Waals surface area (Å²) in [5.74, 6) is -1.13. The van der Waals surface area contributed by atoms with Crippen LogP contribution in [0.15, 0.2) is 30.3 Å². The number of rotatable bonds is 6. The predicted molar refractivity (Wildman–Crippen MR) is 86.2 cm³/mol. The highest BCUT2D eigenvalue weighted by molar-refractivity contribution is 5.96. The van der Waals surface area contributed by atoms with Gasteiger partial charge in [0.2, 0.25) is 5.91 Å². The summed E-state index contributed by atoms with van der Waals surface area (Å²) in [6, 6.07) is 8.29. The van der Waals surface area contributed by atoms with Crippen LogP contribution in [0.25, 0.3) is 0 Å². The molecule has 1 aromatic rings. The Morgan fingerprint density at radius 3 is 2.43 bits per heavy atom. The first-order chi connectivity index (χ1) is 10.8. The topological polar surface area (TPSA) is 74.7 Å². The number of carboxylic acid groups (broad SMARTS) is 1. The highest BCUT2D eigenvalue weighted by atomic mass is 16.4. The molecule has 23 heavy (non-hydrogen) atoms. The quantitative estimate of drug-likeness (QED) is 0.819. The van der Waals surface area contributed by atoms with Gasteiger partial charge in [-0.25, -0.2) is 4.79 Å². The number of hydrogen-bond donors (Lipinski definition) is 1. The molecular formula is C18H23NO4. The molecule has 5 heteroatoms. The van der Waals surface area contributed by atoms with Crippen LogP contribution < -0.4 is 0 Å². The van der Waals surface area contributed by atoms with Gasteiger partial charge in [-0.3, -0.25) is 9.59 Å². The van der Waals surface area contributed by atoms with E-state index in [1.54, 1.807) is 12.1 Å². The molecule has 1 aromatic carbocycles. The molecule has 1 saturated heterocycles. The largest absolute Gasteiger partial charge is 0.480 e. The number of amides is 1. The van der Waals surface area contributed by atoms with Crippen molar-refractivity contribution in [1.29, 1.82) is 0 Å². The third kappa shape index (κ3) is 4.41. The molecule has 0 radical (unpaired) electrons. The van der Waals surface area contributed by atoms with Gasteiger partial charge in [0.25, 0.3) is 0 Å². The van der Waals surface area contributed by atoms with Crippen molar-refractivity contribution < 1.29 is 19.5 Å². The van der Waals surface area contributed by atoms with E-state index in [2.05, 4.69) is 0 Å². The Hall–Kier alpha value is -2.17. The number of Topliss-reactive ketones (excluding diaryl/α,β-unsaturated/α-hetero) is 1. The molecule has 5 nitrogen and oxygen atoms in total. The van der Waals surface area contributed by atoms with Crippen LogP contribution in [0.2, 0.25) is 0 Å². The molecule has 0 aromatic heterocycles. The first-order valence-electron chi connectivity index (χ1n) is 7.91. The minimum atomic E-state index is -0.950. The number of ketones is 1. The summed E-state index contributed by atoms with van der Waals surface area (Å²) in [4.78, 5) is 37.4. The van der Waals surface area contributed by atoms with Gasteiger partial charge < -0.3 is 10.0 Å². The molecule has 124 valence electrons. The Bertz CT molecular complexity index is 594. The lowest BCUT2D eigenvalue weighted by Crippen LogP contribution is -2.42. The van der Waals surface area contributed by atoms with Crippen molar-refractivity contribution in [2.24, 2.45) is 5.41 Å². The molecule has 0 bridgehead atoms. The number of benzene rings is 1. The fourth-order valence-electron chi connectivity index (χ4n) is 3.06. The second-order valence-corrected chi connectivity index (χ2v) is 6.89. The van der Waals surface area contributed by atoms with Gasteiger partial charge in [0.05, 0.1) is 0 Å². The Labute approximate surface area is 136 Å². The van der Waals surface area contributed by atoms with Gasteiger partial charge in [-0.2, -0.15) is 0 Å². The summed E-state index contributed by atoms with van der Waals surface area (Å²) in [6.07, 6.45) is 1.65. The number of carbonyl (C=O) groups excluding carboxylic acids is 2. The molecule has 0 aliphatic carbocycles. The summed E-state index contributed by atoms with van der Waals surface area (Å²) in [7, 11) is 0. The van der Waals surface area contributed by atoms with Gasteiger partial charge in [0, 0.05) is 24.9 Å². The maximum atomic E-state index is 12.4. The molecule has 0 spiro atoms. The summed E-state index contributed by atoms with van der Waals surface area (Å²) in [6.45, 7) is 4.23. The standard InChI is InChI=1S/C18H23NO4/c1-18(2,11-15(20)13-7-4-3-5-8-13)12-16(21)19-10-6-9-14(19)17(22)23/h3-5,7-8,14H,6,9-12H2,1-2H3,(H,22,23)/t14-/m1/s1. The van der Waals surface area contributed by atoms with E-state index in [0.717, 1.165) is 0 Å². The van der Waals surface area contributed by atoms with Crippen LogP contribution in [0.3, 0.4) is 0 Å². The van der Waals surface area contributed by atoms with Crippen molar-refractivity contribution in [3.63, 3.8) is 0 Å². The summed E-state index contributed by atoms with van der Waals surface area (Å²) >= 11 is 0. The van der Waals surface area contributed by atoms with Crippen LogP contribution in [-0.4, -0.2) is 40.3 Å². The third-order valence-corrected chi connectivity index (χ3v) is 4.22. The van der Waals surface area contributed by atoms with E-state index in [4.69, 9.17) is 0 Å². The lowest BCUT2D eigenvalue weighted by molar-refractivity contribution is -0.149. The van der Waals surface area contributed by atoms with Crippen molar-refractivity contribution in [3.05, 3.63) is 35.9 Å². The van der Waals surface area contributed by atoms with Gasteiger partial charge in [0.15, 0.2) is 5.78 Å². The summed E-state index contributed by atoms with van der Waals surface area (Å²) in [5, 5.41) is 9.18. The number of carbonyl (C=O) groups is 3. The number of aliphatic carboxylic acids is 1. The second-order valence-electron chi connectivity index (χ2n) is 6.89. The molecule has 0 saturated carbocycles. The smallest absolute Gasteiger partial charge is 0.326 e. The molecule has 1 N–H and O–H groups in total. The highest BCUT2D eigenvalue weighted by Crippen LogP contribution is 2.30. The van der Waals surface area contributed by atoms with Crippen LogP contribution in [0.4, 0.5) is 0 Å². The van der Waals surface area contributed by atoms with Crippen LogP contribution in [-0.2, 0) is 9.59 Å². The summed E-state index contributed by atoms with van der Waals surface area (Å²) < 4.78 is 0. The number of carboxylic acids is 1. The van der Waals surface area contributed by atoms with Crippen LogP contribution in [0, 0.1) is 5.41 Å². The van der Waals surface area contributed by atoms with E-state index in [1.807, 2.05) is 32.0 Å². The van der Waals surface area contributed by atoms with Crippen LogP contribution in [0.1, 0.15) is 49.9 Å². The van der Waals surface area contributed by atoms with Gasteiger partial charge in [0.1, 0.15) is 6.04 Å². The highest BCUT2D eigenvalue weighted by Gasteiger charge is 2.36. The van der Waals surface area contributed by atoms with Gasteiger partial charge in [-0.1, -0.05) is 44.2 Å². The molecule has 1 fully saturated rings. The van der Waals surface area contributed by atoms with Crippen molar-refractivity contribution in [3.8, 4) is 0 Å². The van der Waals surface area contributed by atoms with Crippen LogP contribution >= 0.6 is 0 Å². The normalized spacial score (nSPS) is 18.0. The molecule has 1 atom stereocenters. The average Bonchev–Trinajstić information content (AvgIpc) is 2.97. The van der Waals surface area contributed by atoms with Crippen molar-refractivity contribution in [2.45, 2.75) is 45.6 Å². The van der Waals surface area contributed by atoms with E-state index < -0.39 is 17.4 Å². The average molecular weight is 317 g/mol. The molecular weight excluding hydrogens is 294 g/mol. The molecule has 0 unspecified atom stereocenters. The van der Waals surface area contributed by atoms with E-state index in [0.29, 0.717) is 24.9 Å². The fraction of sp³-hybridized carbons (Fsp3) is 0.500. The Morgan fingerprint density at radius 2 is 1.83 bits per heavy atom. The third-order valence-electron chi connectivity index (χ3n) is 4.22. The Balaban J connectivity index is 1.99. The van der Waals surface area contributed by atoms with E-state index in [1.165, 1.54) is 4.90 Å². The van der Waals surface area contributed by atoms with Crippen LogP contribution in [0.5, 0.6) is 0 Å².